The molecule has 5 nitrogen and oxygen atoms in total. The first-order valence-corrected chi connectivity index (χ1v) is 6.18. The predicted octanol–water partition coefficient (Wildman–Crippen LogP) is 2.20. The molecule has 0 aliphatic carbocycles. The van der Waals surface area contributed by atoms with Gasteiger partial charge in [-0.15, -0.1) is 0 Å². The van der Waals surface area contributed by atoms with Crippen LogP contribution in [0.15, 0.2) is 24.3 Å². The van der Waals surface area contributed by atoms with Crippen molar-refractivity contribution in [2.24, 2.45) is 0 Å². The van der Waals surface area contributed by atoms with Crippen LogP contribution in [0.3, 0.4) is 0 Å². The molecule has 17 heavy (non-hydrogen) atoms. The summed E-state index contributed by atoms with van der Waals surface area (Å²) in [6.07, 6.45) is 0.881. The summed E-state index contributed by atoms with van der Waals surface area (Å²) in [5.74, 6) is -0.265. The number of hydrogen-bond acceptors (Lipinski definition) is 3. The number of nitrogens with zero attached hydrogens (tertiary/aromatic N) is 2. The number of alkyl halides is 1. The Hall–Kier alpha value is -1.43. The monoisotopic (exact) mass is 298 g/mol. The third-order valence-electron chi connectivity index (χ3n) is 2.75. The van der Waals surface area contributed by atoms with Gasteiger partial charge in [0.15, 0.2) is 0 Å². The summed E-state index contributed by atoms with van der Waals surface area (Å²) >= 11 is 3.44. The lowest BCUT2D eigenvalue weighted by atomic mass is 10.1. The van der Waals surface area contributed by atoms with Crippen molar-refractivity contribution in [2.45, 2.75) is 11.2 Å². The zero-order valence-electron chi connectivity index (χ0n) is 9.01. The summed E-state index contributed by atoms with van der Waals surface area (Å²) in [5.41, 5.74) is 0.0367. The van der Waals surface area contributed by atoms with E-state index in [1.165, 1.54) is 12.1 Å². The molecule has 0 spiro atoms. The van der Waals surface area contributed by atoms with Gasteiger partial charge in [-0.05, 0) is 12.5 Å². The summed E-state index contributed by atoms with van der Waals surface area (Å²) in [5, 5.41) is 10.8. The Balaban J connectivity index is 2.28. The minimum absolute atomic E-state index is 0.129. The summed E-state index contributed by atoms with van der Waals surface area (Å²) in [6.45, 7) is 1.24. The van der Waals surface area contributed by atoms with Gasteiger partial charge >= 0.3 is 0 Å². The molecule has 1 aliphatic heterocycles. The predicted molar refractivity (Wildman–Crippen MR) is 66.3 cm³/mol. The summed E-state index contributed by atoms with van der Waals surface area (Å²) in [4.78, 5) is 24.4. The van der Waals surface area contributed by atoms with E-state index in [9.17, 15) is 14.9 Å². The van der Waals surface area contributed by atoms with Crippen LogP contribution in [0.5, 0.6) is 0 Å². The molecule has 1 saturated heterocycles. The highest BCUT2D eigenvalue weighted by atomic mass is 79.9. The first-order chi connectivity index (χ1) is 8.09. The van der Waals surface area contributed by atoms with Crippen molar-refractivity contribution in [3.8, 4) is 0 Å². The van der Waals surface area contributed by atoms with E-state index in [1.54, 1.807) is 17.0 Å². The number of carbonyl (C=O) groups is 1. The van der Waals surface area contributed by atoms with Gasteiger partial charge in [0.05, 0.1) is 4.92 Å². The number of para-hydroxylation sites is 1. The molecular weight excluding hydrogens is 288 g/mol. The molecule has 1 atom stereocenters. The number of rotatable bonds is 2. The van der Waals surface area contributed by atoms with Crippen molar-refractivity contribution in [2.75, 3.05) is 13.1 Å². The fourth-order valence-corrected chi connectivity index (χ4v) is 2.44. The standard InChI is InChI=1S/C11H11BrN2O3/c12-8-5-6-13(7-8)11(15)9-3-1-2-4-10(9)14(16)17/h1-4,8H,5-7H2. The Kier molecular flexibility index (Phi) is 3.42. The second-order valence-electron chi connectivity index (χ2n) is 3.91. The van der Waals surface area contributed by atoms with E-state index < -0.39 is 4.92 Å². The van der Waals surface area contributed by atoms with Gasteiger partial charge in [0.2, 0.25) is 0 Å². The molecule has 0 radical (unpaired) electrons. The Labute approximate surface area is 107 Å². The molecule has 0 saturated carbocycles. The number of halogens is 1. The number of nitro groups is 1. The number of hydrogen-bond donors (Lipinski definition) is 0. The lowest BCUT2D eigenvalue weighted by Gasteiger charge is -2.15. The van der Waals surface area contributed by atoms with Gasteiger partial charge in [-0.3, -0.25) is 14.9 Å². The average molecular weight is 299 g/mol. The van der Waals surface area contributed by atoms with Crippen LogP contribution in [0.25, 0.3) is 0 Å². The van der Waals surface area contributed by atoms with Crippen LogP contribution >= 0.6 is 15.9 Å². The lowest BCUT2D eigenvalue weighted by molar-refractivity contribution is -0.385. The van der Waals surface area contributed by atoms with E-state index in [0.717, 1.165) is 6.42 Å². The van der Waals surface area contributed by atoms with Crippen molar-refractivity contribution in [1.82, 2.24) is 4.90 Å². The van der Waals surface area contributed by atoms with Gasteiger partial charge in [-0.2, -0.15) is 0 Å². The van der Waals surface area contributed by atoms with E-state index in [2.05, 4.69) is 15.9 Å². The zero-order valence-corrected chi connectivity index (χ0v) is 10.6. The SMILES string of the molecule is O=C(c1ccccc1[N+](=O)[O-])N1CCC(Br)C1. The Morgan fingerprint density at radius 2 is 2.18 bits per heavy atom. The van der Waals surface area contributed by atoms with E-state index in [4.69, 9.17) is 0 Å². The fraction of sp³-hybridized carbons (Fsp3) is 0.364. The number of likely N-dealkylation sites (tertiary alicyclic amines) is 1. The van der Waals surface area contributed by atoms with Gasteiger partial charge in [0.1, 0.15) is 5.56 Å². The van der Waals surface area contributed by atoms with Gasteiger partial charge in [0, 0.05) is 24.0 Å². The normalized spacial score (nSPS) is 19.4. The maximum atomic E-state index is 12.1. The lowest BCUT2D eigenvalue weighted by Crippen LogP contribution is -2.29. The molecule has 1 unspecified atom stereocenters. The molecule has 0 bridgehead atoms. The zero-order chi connectivity index (χ0) is 12.4. The van der Waals surface area contributed by atoms with Gasteiger partial charge in [0.25, 0.3) is 11.6 Å². The maximum Gasteiger partial charge on any atom is 0.282 e. The first kappa shape index (κ1) is 12.0. The number of benzene rings is 1. The maximum absolute atomic E-state index is 12.1. The summed E-state index contributed by atoms with van der Waals surface area (Å²) in [6, 6.07) is 6.06. The largest absolute Gasteiger partial charge is 0.337 e. The summed E-state index contributed by atoms with van der Waals surface area (Å²) < 4.78 is 0. The van der Waals surface area contributed by atoms with Crippen LogP contribution < -0.4 is 0 Å². The molecule has 1 heterocycles. The molecule has 1 aliphatic rings. The van der Waals surface area contributed by atoms with Gasteiger partial charge in [-0.25, -0.2) is 0 Å². The highest BCUT2D eigenvalue weighted by molar-refractivity contribution is 9.09. The second kappa shape index (κ2) is 4.83. The van der Waals surface area contributed by atoms with Crippen LogP contribution in [0.2, 0.25) is 0 Å². The molecule has 6 heteroatoms. The molecule has 1 amide bonds. The number of nitro benzene ring substituents is 1. The van der Waals surface area contributed by atoms with Crippen molar-refractivity contribution >= 4 is 27.5 Å². The van der Waals surface area contributed by atoms with E-state index in [0.29, 0.717) is 13.1 Å². The van der Waals surface area contributed by atoms with Crippen molar-refractivity contribution in [3.63, 3.8) is 0 Å². The van der Waals surface area contributed by atoms with E-state index in [-0.39, 0.29) is 22.0 Å². The molecule has 1 aromatic rings. The van der Waals surface area contributed by atoms with Crippen LogP contribution in [0.4, 0.5) is 5.69 Å². The Bertz CT molecular complexity index is 464. The molecule has 0 N–H and O–H groups in total. The third kappa shape index (κ3) is 2.46. The Morgan fingerprint density at radius 1 is 1.47 bits per heavy atom. The van der Waals surface area contributed by atoms with Crippen LogP contribution in [-0.2, 0) is 0 Å². The molecular formula is C11H11BrN2O3. The van der Waals surface area contributed by atoms with Gasteiger partial charge < -0.3 is 4.90 Å². The topological polar surface area (TPSA) is 63.4 Å². The minimum Gasteiger partial charge on any atom is -0.337 e. The van der Waals surface area contributed by atoms with Crippen LogP contribution in [-0.4, -0.2) is 33.6 Å². The van der Waals surface area contributed by atoms with Crippen LogP contribution in [0, 0.1) is 10.1 Å². The molecule has 1 fully saturated rings. The van der Waals surface area contributed by atoms with Crippen molar-refractivity contribution in [1.29, 1.82) is 0 Å². The molecule has 1 aromatic carbocycles. The Morgan fingerprint density at radius 3 is 2.76 bits per heavy atom. The first-order valence-electron chi connectivity index (χ1n) is 5.26. The fourth-order valence-electron chi connectivity index (χ4n) is 1.89. The third-order valence-corrected chi connectivity index (χ3v) is 3.50. The van der Waals surface area contributed by atoms with E-state index >= 15 is 0 Å². The smallest absolute Gasteiger partial charge is 0.282 e. The average Bonchev–Trinajstić information content (AvgIpc) is 2.75. The van der Waals surface area contributed by atoms with E-state index in [1.807, 2.05) is 0 Å². The van der Waals surface area contributed by atoms with Crippen molar-refractivity contribution in [3.05, 3.63) is 39.9 Å². The molecule has 90 valence electrons. The molecule has 2 rings (SSSR count). The quantitative estimate of drug-likeness (QED) is 0.478. The second-order valence-corrected chi connectivity index (χ2v) is 5.21. The number of carbonyl (C=O) groups excluding carboxylic acids is 1. The highest BCUT2D eigenvalue weighted by Crippen LogP contribution is 2.23. The number of amides is 1. The minimum atomic E-state index is -0.519. The van der Waals surface area contributed by atoms with Crippen LogP contribution in [0.1, 0.15) is 16.8 Å². The summed E-state index contributed by atoms with van der Waals surface area (Å²) in [7, 11) is 0. The molecule has 0 aromatic heterocycles. The highest BCUT2D eigenvalue weighted by Gasteiger charge is 2.29. The van der Waals surface area contributed by atoms with Gasteiger partial charge in [-0.1, -0.05) is 28.1 Å². The van der Waals surface area contributed by atoms with Crippen molar-refractivity contribution < 1.29 is 9.72 Å².